The Balaban J connectivity index is 1.73. The van der Waals surface area contributed by atoms with Gasteiger partial charge in [0.1, 0.15) is 17.9 Å². The molecule has 4 aromatic rings. The Morgan fingerprint density at radius 2 is 2.04 bits per heavy atom. The molecule has 6 heteroatoms. The molecule has 0 fully saturated rings. The third kappa shape index (κ3) is 2.44. The fourth-order valence-corrected chi connectivity index (χ4v) is 2.55. The van der Waals surface area contributed by atoms with E-state index in [1.807, 2.05) is 35.0 Å². The summed E-state index contributed by atoms with van der Waals surface area (Å²) in [5.41, 5.74) is 2.93. The Labute approximate surface area is 132 Å². The van der Waals surface area contributed by atoms with E-state index in [4.69, 9.17) is 4.42 Å². The summed E-state index contributed by atoms with van der Waals surface area (Å²) in [7, 11) is 0. The summed E-state index contributed by atoms with van der Waals surface area (Å²) < 4.78 is 7.17. The van der Waals surface area contributed by atoms with Gasteiger partial charge < -0.3 is 9.73 Å². The van der Waals surface area contributed by atoms with E-state index >= 15 is 0 Å². The van der Waals surface area contributed by atoms with Crippen molar-refractivity contribution in [1.82, 2.24) is 19.7 Å². The SMILES string of the molecule is Cc1ccccc1-n1ncc2c(NCc3ccco3)ncnc21. The molecule has 1 N–H and O–H groups in total. The van der Waals surface area contributed by atoms with Crippen molar-refractivity contribution < 1.29 is 4.42 Å². The van der Waals surface area contributed by atoms with Gasteiger partial charge in [-0.2, -0.15) is 5.10 Å². The van der Waals surface area contributed by atoms with Crippen LogP contribution >= 0.6 is 0 Å². The quantitative estimate of drug-likeness (QED) is 0.626. The highest BCUT2D eigenvalue weighted by atomic mass is 16.3. The van der Waals surface area contributed by atoms with Gasteiger partial charge in [-0.15, -0.1) is 0 Å². The van der Waals surface area contributed by atoms with Gasteiger partial charge in [0, 0.05) is 0 Å². The van der Waals surface area contributed by atoms with Crippen molar-refractivity contribution >= 4 is 16.9 Å². The van der Waals surface area contributed by atoms with E-state index < -0.39 is 0 Å². The van der Waals surface area contributed by atoms with Gasteiger partial charge in [0.25, 0.3) is 0 Å². The number of aromatic nitrogens is 4. The van der Waals surface area contributed by atoms with E-state index in [0.717, 1.165) is 33.9 Å². The molecule has 0 bridgehead atoms. The number of benzene rings is 1. The number of aryl methyl sites for hydroxylation is 1. The Morgan fingerprint density at radius 3 is 2.87 bits per heavy atom. The molecular weight excluding hydrogens is 290 g/mol. The molecule has 114 valence electrons. The van der Waals surface area contributed by atoms with E-state index in [9.17, 15) is 0 Å². The number of rotatable bonds is 4. The number of para-hydroxylation sites is 1. The lowest BCUT2D eigenvalue weighted by Gasteiger charge is -2.07. The van der Waals surface area contributed by atoms with E-state index in [-0.39, 0.29) is 0 Å². The van der Waals surface area contributed by atoms with Crippen LogP contribution in [0.1, 0.15) is 11.3 Å². The largest absolute Gasteiger partial charge is 0.467 e. The predicted octanol–water partition coefficient (Wildman–Crippen LogP) is 3.33. The summed E-state index contributed by atoms with van der Waals surface area (Å²) in [6, 6.07) is 11.9. The number of fused-ring (bicyclic) bond motifs is 1. The summed E-state index contributed by atoms with van der Waals surface area (Å²) in [6.45, 7) is 2.62. The minimum Gasteiger partial charge on any atom is -0.467 e. The number of anilines is 1. The van der Waals surface area contributed by atoms with Gasteiger partial charge in [0.2, 0.25) is 0 Å². The van der Waals surface area contributed by atoms with Gasteiger partial charge >= 0.3 is 0 Å². The number of hydrogen-bond donors (Lipinski definition) is 1. The summed E-state index contributed by atoms with van der Waals surface area (Å²) in [5, 5.41) is 8.63. The molecule has 6 nitrogen and oxygen atoms in total. The van der Waals surface area contributed by atoms with E-state index in [1.54, 1.807) is 18.8 Å². The molecule has 0 saturated carbocycles. The average Bonchev–Trinajstić information content (AvgIpc) is 3.23. The minimum absolute atomic E-state index is 0.564. The summed E-state index contributed by atoms with van der Waals surface area (Å²) in [4.78, 5) is 8.71. The lowest BCUT2D eigenvalue weighted by atomic mass is 10.2. The molecule has 0 atom stereocenters. The highest BCUT2D eigenvalue weighted by Crippen LogP contribution is 2.23. The molecule has 23 heavy (non-hydrogen) atoms. The fourth-order valence-electron chi connectivity index (χ4n) is 2.55. The lowest BCUT2D eigenvalue weighted by molar-refractivity contribution is 0.518. The average molecular weight is 305 g/mol. The standard InChI is InChI=1S/C17H15N5O/c1-12-5-2-3-7-15(12)22-17-14(10-21-22)16(19-11-20-17)18-9-13-6-4-8-23-13/h2-8,10-11H,9H2,1H3,(H,18,19,20). The number of furan rings is 1. The smallest absolute Gasteiger partial charge is 0.168 e. The van der Waals surface area contributed by atoms with Crippen LogP contribution in [0.15, 0.2) is 59.6 Å². The fraction of sp³-hybridized carbons (Fsp3) is 0.118. The van der Waals surface area contributed by atoms with Crippen LogP contribution in [-0.2, 0) is 6.54 Å². The van der Waals surface area contributed by atoms with Crippen molar-refractivity contribution in [2.75, 3.05) is 5.32 Å². The number of nitrogens with one attached hydrogen (secondary N) is 1. The summed E-state index contributed by atoms with van der Waals surface area (Å²) in [6.07, 6.45) is 4.98. The Kier molecular flexibility index (Phi) is 3.27. The predicted molar refractivity (Wildman–Crippen MR) is 87.4 cm³/mol. The normalized spacial score (nSPS) is 11.0. The van der Waals surface area contributed by atoms with Gasteiger partial charge in [-0.1, -0.05) is 18.2 Å². The second-order valence-electron chi connectivity index (χ2n) is 5.24. The molecule has 0 aliphatic carbocycles. The van der Waals surface area contributed by atoms with E-state index in [2.05, 4.69) is 33.4 Å². The first kappa shape index (κ1) is 13.5. The van der Waals surface area contributed by atoms with Gasteiger partial charge in [0.15, 0.2) is 5.65 Å². The topological polar surface area (TPSA) is 68.8 Å². The lowest BCUT2D eigenvalue weighted by Crippen LogP contribution is -2.03. The van der Waals surface area contributed by atoms with Crippen molar-refractivity contribution in [1.29, 1.82) is 0 Å². The monoisotopic (exact) mass is 305 g/mol. The van der Waals surface area contributed by atoms with E-state index in [0.29, 0.717) is 6.54 Å². The first-order chi connectivity index (χ1) is 11.3. The molecule has 0 aliphatic rings. The number of hydrogen-bond acceptors (Lipinski definition) is 5. The van der Waals surface area contributed by atoms with Gasteiger partial charge in [-0.25, -0.2) is 14.6 Å². The highest BCUT2D eigenvalue weighted by molar-refractivity contribution is 5.87. The first-order valence-electron chi connectivity index (χ1n) is 7.34. The van der Waals surface area contributed by atoms with Crippen LogP contribution in [0.25, 0.3) is 16.7 Å². The Hall–Kier alpha value is -3.15. The van der Waals surface area contributed by atoms with Crippen molar-refractivity contribution in [3.63, 3.8) is 0 Å². The van der Waals surface area contributed by atoms with Crippen molar-refractivity contribution in [3.05, 3.63) is 66.5 Å². The zero-order valence-corrected chi connectivity index (χ0v) is 12.6. The molecule has 0 spiro atoms. The van der Waals surface area contributed by atoms with Gasteiger partial charge in [-0.3, -0.25) is 0 Å². The van der Waals surface area contributed by atoms with Crippen LogP contribution < -0.4 is 5.32 Å². The third-order valence-corrected chi connectivity index (χ3v) is 3.72. The maximum absolute atomic E-state index is 5.33. The van der Waals surface area contributed by atoms with Crippen molar-refractivity contribution in [2.24, 2.45) is 0 Å². The molecule has 4 rings (SSSR count). The molecule has 0 saturated heterocycles. The Bertz CT molecular complexity index is 943. The molecule has 0 unspecified atom stereocenters. The van der Waals surface area contributed by atoms with Crippen LogP contribution in [0.2, 0.25) is 0 Å². The van der Waals surface area contributed by atoms with Crippen LogP contribution in [0.3, 0.4) is 0 Å². The second-order valence-corrected chi connectivity index (χ2v) is 5.24. The van der Waals surface area contributed by atoms with Crippen molar-refractivity contribution in [3.8, 4) is 5.69 Å². The zero-order chi connectivity index (χ0) is 15.6. The van der Waals surface area contributed by atoms with Crippen LogP contribution in [0, 0.1) is 6.92 Å². The maximum atomic E-state index is 5.33. The molecule has 0 aliphatic heterocycles. The molecule has 1 aromatic carbocycles. The van der Waals surface area contributed by atoms with Gasteiger partial charge in [0.05, 0.1) is 30.1 Å². The molecule has 3 aromatic heterocycles. The summed E-state index contributed by atoms with van der Waals surface area (Å²) >= 11 is 0. The van der Waals surface area contributed by atoms with E-state index in [1.165, 1.54) is 0 Å². The van der Waals surface area contributed by atoms with Gasteiger partial charge in [-0.05, 0) is 30.7 Å². The first-order valence-corrected chi connectivity index (χ1v) is 7.34. The van der Waals surface area contributed by atoms with Crippen LogP contribution in [-0.4, -0.2) is 19.7 Å². The van der Waals surface area contributed by atoms with Crippen molar-refractivity contribution in [2.45, 2.75) is 13.5 Å². The van der Waals surface area contributed by atoms with Crippen LogP contribution in [0.4, 0.5) is 5.82 Å². The zero-order valence-electron chi connectivity index (χ0n) is 12.6. The second kappa shape index (κ2) is 5.57. The Morgan fingerprint density at radius 1 is 1.13 bits per heavy atom. The highest BCUT2D eigenvalue weighted by Gasteiger charge is 2.12. The minimum atomic E-state index is 0.564. The summed E-state index contributed by atoms with van der Waals surface area (Å²) in [5.74, 6) is 1.59. The molecule has 0 radical (unpaired) electrons. The number of nitrogens with zero attached hydrogens (tertiary/aromatic N) is 4. The maximum Gasteiger partial charge on any atom is 0.168 e. The molecule has 0 amide bonds. The molecule has 3 heterocycles. The molecular formula is C17H15N5O. The van der Waals surface area contributed by atoms with Crippen LogP contribution in [0.5, 0.6) is 0 Å². The third-order valence-electron chi connectivity index (χ3n) is 3.72.